The molecule has 3 unspecified atom stereocenters. The molecule has 3 rings (SSSR count). The van der Waals surface area contributed by atoms with Crippen LogP contribution < -0.4 is 5.32 Å². The number of nitrogens with zero attached hydrogens (tertiary/aromatic N) is 4. The van der Waals surface area contributed by atoms with Crippen LogP contribution in [-0.2, 0) is 16.1 Å². The summed E-state index contributed by atoms with van der Waals surface area (Å²) in [5, 5.41) is 7.47. The number of carbonyl (C=O) groups excluding carboxylic acids is 1. The number of rotatable bonds is 8. The lowest BCUT2D eigenvalue weighted by molar-refractivity contribution is -0.134. The first kappa shape index (κ1) is 27.1. The maximum absolute atomic E-state index is 12.7. The van der Waals surface area contributed by atoms with Gasteiger partial charge in [-0.1, -0.05) is 12.1 Å². The van der Waals surface area contributed by atoms with Gasteiger partial charge in [0.25, 0.3) is 0 Å². The van der Waals surface area contributed by atoms with Crippen LogP contribution in [0.1, 0.15) is 57.9 Å². The molecule has 2 saturated heterocycles. The van der Waals surface area contributed by atoms with Crippen LogP contribution in [0.25, 0.3) is 0 Å². The number of ether oxygens (including phenoxy) is 1. The summed E-state index contributed by atoms with van der Waals surface area (Å²) in [6.45, 7) is 12.7. The van der Waals surface area contributed by atoms with Crippen LogP contribution in [0.15, 0.2) is 4.52 Å². The Morgan fingerprint density at radius 1 is 1.27 bits per heavy atom. The van der Waals surface area contributed by atoms with Gasteiger partial charge in [0.1, 0.15) is 6.10 Å². The molecule has 30 heavy (non-hydrogen) atoms. The van der Waals surface area contributed by atoms with E-state index in [-0.39, 0.29) is 30.9 Å². The Bertz CT molecular complexity index is 619. The van der Waals surface area contributed by atoms with Crippen molar-refractivity contribution >= 4 is 30.7 Å². The third-order valence-corrected chi connectivity index (χ3v) is 5.98. The number of halogens is 2. The summed E-state index contributed by atoms with van der Waals surface area (Å²) >= 11 is 0. The second kappa shape index (κ2) is 13.5. The van der Waals surface area contributed by atoms with Crippen LogP contribution in [0.3, 0.4) is 0 Å². The topological polar surface area (TPSA) is 83.7 Å². The average Bonchev–Trinajstić information content (AvgIpc) is 3.18. The zero-order valence-electron chi connectivity index (χ0n) is 18.3. The molecule has 1 amide bonds. The molecular formula is C20H37Cl2N5O3. The lowest BCUT2D eigenvalue weighted by Crippen LogP contribution is -2.49. The molecule has 1 aromatic heterocycles. The Labute approximate surface area is 192 Å². The number of aromatic nitrogens is 2. The van der Waals surface area contributed by atoms with E-state index < -0.39 is 0 Å². The smallest absolute Gasteiger partial charge is 0.240 e. The van der Waals surface area contributed by atoms with E-state index in [4.69, 9.17) is 9.26 Å². The lowest BCUT2D eigenvalue weighted by Gasteiger charge is -2.35. The van der Waals surface area contributed by atoms with Gasteiger partial charge < -0.3 is 19.5 Å². The Kier molecular flexibility index (Phi) is 12.2. The van der Waals surface area contributed by atoms with Crippen LogP contribution in [0.5, 0.6) is 0 Å². The fourth-order valence-corrected chi connectivity index (χ4v) is 4.10. The summed E-state index contributed by atoms with van der Waals surface area (Å²) in [5.41, 5.74) is 0. The molecule has 0 aliphatic carbocycles. The third-order valence-electron chi connectivity index (χ3n) is 5.98. The zero-order valence-corrected chi connectivity index (χ0v) is 20.0. The molecular weight excluding hydrogens is 429 g/mol. The van der Waals surface area contributed by atoms with Gasteiger partial charge in [-0.2, -0.15) is 4.98 Å². The summed E-state index contributed by atoms with van der Waals surface area (Å²) in [7, 11) is 0. The minimum atomic E-state index is -0.154. The van der Waals surface area contributed by atoms with E-state index in [0.29, 0.717) is 49.0 Å². The van der Waals surface area contributed by atoms with Gasteiger partial charge in [-0.25, -0.2) is 0 Å². The highest BCUT2D eigenvalue weighted by molar-refractivity contribution is 5.85. The minimum Gasteiger partial charge on any atom is -0.371 e. The van der Waals surface area contributed by atoms with E-state index in [1.165, 1.54) is 12.8 Å². The number of nitrogens with one attached hydrogen (secondary N) is 1. The van der Waals surface area contributed by atoms with Crippen molar-refractivity contribution in [3.8, 4) is 0 Å². The van der Waals surface area contributed by atoms with Gasteiger partial charge in [0.2, 0.25) is 11.8 Å². The maximum Gasteiger partial charge on any atom is 0.240 e. The number of amides is 1. The molecule has 3 atom stereocenters. The van der Waals surface area contributed by atoms with Crippen LogP contribution in [0, 0.1) is 11.8 Å². The van der Waals surface area contributed by atoms with Crippen molar-refractivity contribution in [3.05, 3.63) is 11.7 Å². The predicted octanol–water partition coefficient (Wildman–Crippen LogP) is 2.68. The van der Waals surface area contributed by atoms with E-state index in [1.807, 2.05) is 18.7 Å². The summed E-state index contributed by atoms with van der Waals surface area (Å²) < 4.78 is 10.9. The molecule has 0 spiro atoms. The van der Waals surface area contributed by atoms with Crippen LogP contribution >= 0.6 is 24.8 Å². The van der Waals surface area contributed by atoms with E-state index in [9.17, 15) is 4.79 Å². The molecule has 0 radical (unpaired) electrons. The van der Waals surface area contributed by atoms with Gasteiger partial charge >= 0.3 is 0 Å². The molecule has 1 aromatic rings. The first-order valence-electron chi connectivity index (χ1n) is 10.7. The highest BCUT2D eigenvalue weighted by Crippen LogP contribution is 2.23. The van der Waals surface area contributed by atoms with E-state index in [0.717, 1.165) is 39.3 Å². The second-order valence-corrected chi connectivity index (χ2v) is 8.09. The number of carbonyl (C=O) groups is 1. The van der Waals surface area contributed by atoms with Crippen molar-refractivity contribution in [1.29, 1.82) is 0 Å². The van der Waals surface area contributed by atoms with E-state index in [2.05, 4.69) is 27.3 Å². The quantitative estimate of drug-likeness (QED) is 0.631. The van der Waals surface area contributed by atoms with Gasteiger partial charge in [-0.15, -0.1) is 24.8 Å². The summed E-state index contributed by atoms with van der Waals surface area (Å²) in [6.07, 6.45) is 2.97. The summed E-state index contributed by atoms with van der Waals surface area (Å²) in [5.74, 6) is 2.58. The maximum atomic E-state index is 12.7. The highest BCUT2D eigenvalue weighted by Gasteiger charge is 2.27. The third kappa shape index (κ3) is 7.64. The lowest BCUT2D eigenvalue weighted by atomic mass is 9.85. The molecule has 2 aliphatic heterocycles. The molecule has 1 N–H and O–H groups in total. The van der Waals surface area contributed by atoms with Crippen molar-refractivity contribution in [1.82, 2.24) is 25.3 Å². The summed E-state index contributed by atoms with van der Waals surface area (Å²) in [6, 6.07) is 0. The van der Waals surface area contributed by atoms with E-state index in [1.54, 1.807) is 0 Å². The Hall–Kier alpha value is -0.930. The minimum absolute atomic E-state index is 0. The predicted molar refractivity (Wildman–Crippen MR) is 120 cm³/mol. The van der Waals surface area contributed by atoms with E-state index >= 15 is 0 Å². The molecule has 0 bridgehead atoms. The summed E-state index contributed by atoms with van der Waals surface area (Å²) in [4.78, 5) is 21.4. The first-order valence-corrected chi connectivity index (χ1v) is 10.7. The number of piperazine rings is 1. The molecule has 174 valence electrons. The van der Waals surface area contributed by atoms with Crippen molar-refractivity contribution in [3.63, 3.8) is 0 Å². The Balaban J connectivity index is 0.00000225. The van der Waals surface area contributed by atoms with Crippen molar-refractivity contribution in [2.45, 2.75) is 52.7 Å². The average molecular weight is 466 g/mol. The van der Waals surface area contributed by atoms with Crippen molar-refractivity contribution in [2.75, 3.05) is 45.9 Å². The molecule has 10 heteroatoms. The van der Waals surface area contributed by atoms with Gasteiger partial charge in [-0.3, -0.25) is 9.69 Å². The van der Waals surface area contributed by atoms with Crippen LogP contribution in [-0.4, -0.2) is 71.7 Å². The fourth-order valence-electron chi connectivity index (χ4n) is 4.10. The van der Waals surface area contributed by atoms with Crippen LogP contribution in [0.2, 0.25) is 0 Å². The molecule has 2 aliphatic rings. The van der Waals surface area contributed by atoms with Gasteiger partial charge in [-0.05, 0) is 51.6 Å². The van der Waals surface area contributed by atoms with Gasteiger partial charge in [0, 0.05) is 39.2 Å². The molecule has 8 nitrogen and oxygen atoms in total. The molecule has 2 fully saturated rings. The Morgan fingerprint density at radius 2 is 2.00 bits per heavy atom. The normalized spacial score (nSPS) is 22.0. The zero-order chi connectivity index (χ0) is 19.9. The fraction of sp³-hybridized carbons (Fsp3) is 0.850. The molecule has 0 aromatic carbocycles. The van der Waals surface area contributed by atoms with Crippen molar-refractivity contribution in [2.24, 2.45) is 11.8 Å². The second-order valence-electron chi connectivity index (χ2n) is 8.09. The monoisotopic (exact) mass is 465 g/mol. The first-order chi connectivity index (χ1) is 13.6. The molecule has 3 heterocycles. The number of hydrogen-bond acceptors (Lipinski definition) is 7. The van der Waals surface area contributed by atoms with Crippen LogP contribution in [0.4, 0.5) is 0 Å². The van der Waals surface area contributed by atoms with Gasteiger partial charge in [0.05, 0.1) is 6.54 Å². The highest BCUT2D eigenvalue weighted by atomic mass is 35.5. The Morgan fingerprint density at radius 3 is 2.63 bits per heavy atom. The van der Waals surface area contributed by atoms with Crippen molar-refractivity contribution < 1.29 is 14.1 Å². The van der Waals surface area contributed by atoms with Gasteiger partial charge in [0.15, 0.2) is 5.82 Å². The number of piperidine rings is 1. The number of hydrogen-bond donors (Lipinski definition) is 1. The largest absolute Gasteiger partial charge is 0.371 e. The standard InChI is InChI=1S/C20H35N5O3.2ClH/c1-4-27-16(3)20-22-18(28-23-20)14-24-8-10-25(11-9-24)19(26)12-15(2)17-6-5-7-21-13-17;;/h15-17,21H,4-14H2,1-3H3;2*1H. The SMILES string of the molecule is CCOC(C)c1noc(CN2CCN(C(=O)CC(C)C3CCCNC3)CC2)n1.Cl.Cl. The molecule has 0 saturated carbocycles.